The van der Waals surface area contributed by atoms with Gasteiger partial charge in [-0.3, -0.25) is 0 Å². The van der Waals surface area contributed by atoms with E-state index in [0.29, 0.717) is 17.3 Å². The van der Waals surface area contributed by atoms with Gasteiger partial charge in [0.1, 0.15) is 11.6 Å². The molecule has 0 saturated heterocycles. The van der Waals surface area contributed by atoms with Gasteiger partial charge in [-0.15, -0.1) is 11.3 Å². The van der Waals surface area contributed by atoms with E-state index in [9.17, 15) is 13.2 Å². The fourth-order valence-electron chi connectivity index (χ4n) is 0.883. The Morgan fingerprint density at radius 3 is 2.73 bits per heavy atom. The summed E-state index contributed by atoms with van der Waals surface area (Å²) >= 11 is 1.26. The molecule has 0 atom stereocenters. The van der Waals surface area contributed by atoms with E-state index in [2.05, 4.69) is 9.72 Å². The third-order valence-corrected chi connectivity index (χ3v) is 2.25. The van der Waals surface area contributed by atoms with Crippen LogP contribution in [0.25, 0.3) is 0 Å². The topological polar surface area (TPSA) is 31.4 Å². The molecule has 3 nitrogen and oxygen atoms in total. The van der Waals surface area contributed by atoms with E-state index in [4.69, 9.17) is 4.74 Å². The molecule has 0 amide bonds. The van der Waals surface area contributed by atoms with E-state index < -0.39 is 12.8 Å². The number of nitrogens with zero attached hydrogens (tertiary/aromatic N) is 1. The SMILES string of the molecule is COCc1csc(COCC(F)(F)F)n1. The Balaban J connectivity index is 2.31. The molecule has 0 unspecified atom stereocenters. The quantitative estimate of drug-likeness (QED) is 0.793. The highest BCUT2D eigenvalue weighted by Crippen LogP contribution is 2.17. The summed E-state index contributed by atoms with van der Waals surface area (Å²) in [6.07, 6.45) is -4.29. The standard InChI is InChI=1S/C8H10F3NO2S/c1-13-2-6-4-15-7(12-6)3-14-5-8(9,10)11/h4H,2-3,5H2,1H3. The molecule has 0 N–H and O–H groups in total. The lowest BCUT2D eigenvalue weighted by atomic mass is 10.5. The Bertz CT molecular complexity index is 300. The molecule has 0 bridgehead atoms. The van der Waals surface area contributed by atoms with Crippen LogP contribution in [0.4, 0.5) is 13.2 Å². The predicted molar refractivity (Wildman–Crippen MR) is 48.5 cm³/mol. The number of alkyl halides is 3. The number of aromatic nitrogens is 1. The second kappa shape index (κ2) is 5.43. The second-order valence-corrected chi connectivity index (χ2v) is 3.72. The van der Waals surface area contributed by atoms with Crippen molar-refractivity contribution in [1.82, 2.24) is 4.98 Å². The molecular formula is C8H10F3NO2S. The first-order valence-electron chi connectivity index (χ1n) is 4.08. The highest BCUT2D eigenvalue weighted by molar-refractivity contribution is 7.09. The fourth-order valence-corrected chi connectivity index (χ4v) is 1.60. The first kappa shape index (κ1) is 12.4. The monoisotopic (exact) mass is 241 g/mol. The maximum Gasteiger partial charge on any atom is 0.411 e. The first-order valence-corrected chi connectivity index (χ1v) is 4.96. The van der Waals surface area contributed by atoms with Gasteiger partial charge in [0.2, 0.25) is 0 Å². The number of ether oxygens (including phenoxy) is 2. The van der Waals surface area contributed by atoms with E-state index in [0.717, 1.165) is 0 Å². The van der Waals surface area contributed by atoms with Crippen LogP contribution in [-0.2, 0) is 22.7 Å². The molecule has 1 aromatic rings. The van der Waals surface area contributed by atoms with Crippen LogP contribution < -0.4 is 0 Å². The van der Waals surface area contributed by atoms with Crippen LogP contribution >= 0.6 is 11.3 Å². The average Bonchev–Trinajstić information content (AvgIpc) is 2.51. The van der Waals surface area contributed by atoms with Crippen molar-refractivity contribution in [3.63, 3.8) is 0 Å². The molecule has 0 aromatic carbocycles. The number of rotatable bonds is 5. The lowest BCUT2D eigenvalue weighted by molar-refractivity contribution is -0.176. The van der Waals surface area contributed by atoms with Gasteiger partial charge in [-0.25, -0.2) is 4.98 Å². The summed E-state index contributed by atoms with van der Waals surface area (Å²) in [5.74, 6) is 0. The highest BCUT2D eigenvalue weighted by atomic mass is 32.1. The number of methoxy groups -OCH3 is 1. The summed E-state index contributed by atoms with van der Waals surface area (Å²) in [5.41, 5.74) is 0.702. The van der Waals surface area contributed by atoms with Gasteiger partial charge < -0.3 is 9.47 Å². The summed E-state index contributed by atoms with van der Waals surface area (Å²) in [4.78, 5) is 4.02. The van der Waals surface area contributed by atoms with Gasteiger partial charge in [0, 0.05) is 12.5 Å². The smallest absolute Gasteiger partial charge is 0.378 e. The number of halogens is 3. The average molecular weight is 241 g/mol. The van der Waals surface area contributed by atoms with E-state index in [-0.39, 0.29) is 6.61 Å². The zero-order valence-electron chi connectivity index (χ0n) is 8.00. The normalized spacial score (nSPS) is 12.0. The van der Waals surface area contributed by atoms with Crippen molar-refractivity contribution in [2.24, 2.45) is 0 Å². The Morgan fingerprint density at radius 1 is 1.40 bits per heavy atom. The van der Waals surface area contributed by atoms with Crippen molar-refractivity contribution in [2.75, 3.05) is 13.7 Å². The Hall–Kier alpha value is -0.660. The third-order valence-electron chi connectivity index (χ3n) is 1.38. The summed E-state index contributed by atoms with van der Waals surface area (Å²) in [6.45, 7) is -1.00. The highest BCUT2D eigenvalue weighted by Gasteiger charge is 2.27. The minimum Gasteiger partial charge on any atom is -0.378 e. The minimum absolute atomic E-state index is 0.117. The Labute approximate surface area is 88.8 Å². The zero-order chi connectivity index (χ0) is 11.3. The lowest BCUT2D eigenvalue weighted by Gasteiger charge is -2.05. The van der Waals surface area contributed by atoms with Gasteiger partial charge in [-0.1, -0.05) is 0 Å². The van der Waals surface area contributed by atoms with Crippen LogP contribution in [0.3, 0.4) is 0 Å². The molecule has 1 aromatic heterocycles. The van der Waals surface area contributed by atoms with Gasteiger partial charge in [0.25, 0.3) is 0 Å². The van der Waals surface area contributed by atoms with Gasteiger partial charge in [0.15, 0.2) is 0 Å². The fraction of sp³-hybridized carbons (Fsp3) is 0.625. The molecule has 0 fully saturated rings. The summed E-state index contributed by atoms with van der Waals surface area (Å²) in [7, 11) is 1.53. The summed E-state index contributed by atoms with van der Waals surface area (Å²) in [6, 6.07) is 0. The molecule has 0 radical (unpaired) electrons. The number of thiazole rings is 1. The third kappa shape index (κ3) is 5.10. The molecular weight excluding hydrogens is 231 g/mol. The molecule has 0 aliphatic rings. The molecule has 0 aliphatic carbocycles. The Morgan fingerprint density at radius 2 is 2.13 bits per heavy atom. The van der Waals surface area contributed by atoms with Crippen molar-refractivity contribution < 1.29 is 22.6 Å². The molecule has 0 aliphatic heterocycles. The minimum atomic E-state index is -4.29. The molecule has 1 rings (SSSR count). The van der Waals surface area contributed by atoms with Crippen LogP contribution in [0.15, 0.2) is 5.38 Å². The van der Waals surface area contributed by atoms with Crippen molar-refractivity contribution >= 4 is 11.3 Å². The van der Waals surface area contributed by atoms with Crippen LogP contribution in [0.5, 0.6) is 0 Å². The van der Waals surface area contributed by atoms with Gasteiger partial charge in [-0.2, -0.15) is 13.2 Å². The van der Waals surface area contributed by atoms with E-state index in [1.807, 2.05) is 0 Å². The van der Waals surface area contributed by atoms with Crippen molar-refractivity contribution in [1.29, 1.82) is 0 Å². The predicted octanol–water partition coefficient (Wildman–Crippen LogP) is 2.37. The molecule has 7 heteroatoms. The van der Waals surface area contributed by atoms with Crippen molar-refractivity contribution in [3.8, 4) is 0 Å². The van der Waals surface area contributed by atoms with Crippen LogP contribution in [0, 0.1) is 0 Å². The molecule has 1 heterocycles. The summed E-state index contributed by atoms with van der Waals surface area (Å²) < 4.78 is 44.4. The zero-order valence-corrected chi connectivity index (χ0v) is 8.82. The Kier molecular flexibility index (Phi) is 4.49. The van der Waals surface area contributed by atoms with Crippen LogP contribution in [0.1, 0.15) is 10.7 Å². The molecule has 0 spiro atoms. The van der Waals surface area contributed by atoms with Gasteiger partial charge in [-0.05, 0) is 0 Å². The van der Waals surface area contributed by atoms with Gasteiger partial charge >= 0.3 is 6.18 Å². The largest absolute Gasteiger partial charge is 0.411 e. The number of hydrogen-bond acceptors (Lipinski definition) is 4. The number of hydrogen-bond donors (Lipinski definition) is 0. The van der Waals surface area contributed by atoms with Gasteiger partial charge in [0.05, 0.1) is 18.9 Å². The maximum absolute atomic E-state index is 11.7. The first-order chi connectivity index (χ1) is 7.01. The van der Waals surface area contributed by atoms with Crippen molar-refractivity contribution in [2.45, 2.75) is 19.4 Å². The lowest BCUT2D eigenvalue weighted by Crippen LogP contribution is -2.16. The summed E-state index contributed by atoms with van der Waals surface area (Å²) in [5, 5.41) is 2.25. The van der Waals surface area contributed by atoms with Crippen molar-refractivity contribution in [3.05, 3.63) is 16.1 Å². The van der Waals surface area contributed by atoms with E-state index >= 15 is 0 Å². The molecule has 0 saturated carbocycles. The molecule has 86 valence electrons. The van der Waals surface area contributed by atoms with Crippen LogP contribution in [-0.4, -0.2) is 24.9 Å². The van der Waals surface area contributed by atoms with Crippen LogP contribution in [0.2, 0.25) is 0 Å². The maximum atomic E-state index is 11.7. The van der Waals surface area contributed by atoms with E-state index in [1.54, 1.807) is 5.38 Å². The second-order valence-electron chi connectivity index (χ2n) is 2.77. The molecule has 15 heavy (non-hydrogen) atoms. The van der Waals surface area contributed by atoms with E-state index in [1.165, 1.54) is 18.4 Å².